The lowest BCUT2D eigenvalue weighted by atomic mass is 10.1. The fourth-order valence-electron chi connectivity index (χ4n) is 1.36. The number of nitrogens with one attached hydrogen (secondary N) is 1. The van der Waals surface area contributed by atoms with Crippen LogP contribution >= 0.6 is 31.9 Å². The smallest absolute Gasteiger partial charge is 0.121 e. The molecule has 1 atom stereocenters. The molecule has 3 nitrogen and oxygen atoms in total. The van der Waals surface area contributed by atoms with Crippen molar-refractivity contribution in [1.29, 1.82) is 5.26 Å². The Morgan fingerprint density at radius 2 is 2.06 bits per heavy atom. The van der Waals surface area contributed by atoms with E-state index < -0.39 is 0 Å². The van der Waals surface area contributed by atoms with Crippen LogP contribution in [0.4, 0.5) is 0 Å². The van der Waals surface area contributed by atoms with Crippen molar-refractivity contribution in [1.82, 2.24) is 10.2 Å². The van der Waals surface area contributed by atoms with E-state index in [9.17, 15) is 0 Å². The number of halogens is 2. The SMILES string of the molecule is CN(C)CCNC(C#N)c1ccc(Br)c(Br)c1. The molecule has 0 saturated carbocycles. The lowest BCUT2D eigenvalue weighted by Crippen LogP contribution is -2.29. The van der Waals surface area contributed by atoms with Gasteiger partial charge >= 0.3 is 0 Å². The van der Waals surface area contributed by atoms with Crippen molar-refractivity contribution < 1.29 is 0 Å². The monoisotopic (exact) mass is 359 g/mol. The Hall–Kier alpha value is -0.410. The molecular weight excluding hydrogens is 346 g/mol. The summed E-state index contributed by atoms with van der Waals surface area (Å²) in [6.45, 7) is 1.70. The number of hydrogen-bond donors (Lipinski definition) is 1. The summed E-state index contributed by atoms with van der Waals surface area (Å²) in [6.07, 6.45) is 0. The highest BCUT2D eigenvalue weighted by molar-refractivity contribution is 9.13. The maximum atomic E-state index is 9.15. The van der Waals surface area contributed by atoms with Gasteiger partial charge in [0, 0.05) is 22.0 Å². The van der Waals surface area contributed by atoms with Crippen LogP contribution in [-0.2, 0) is 0 Å². The van der Waals surface area contributed by atoms with Crippen LogP contribution in [0.1, 0.15) is 11.6 Å². The van der Waals surface area contributed by atoms with Gasteiger partial charge in [0.1, 0.15) is 6.04 Å². The average Bonchev–Trinajstić information content (AvgIpc) is 2.28. The highest BCUT2D eigenvalue weighted by Crippen LogP contribution is 2.26. The third-order valence-corrected chi connectivity index (χ3v) is 4.19. The molecule has 1 aromatic rings. The lowest BCUT2D eigenvalue weighted by Gasteiger charge is -2.15. The third kappa shape index (κ3) is 4.76. The largest absolute Gasteiger partial charge is 0.308 e. The number of benzene rings is 1. The Labute approximate surface area is 119 Å². The van der Waals surface area contributed by atoms with Gasteiger partial charge in [0.2, 0.25) is 0 Å². The summed E-state index contributed by atoms with van der Waals surface area (Å²) in [5.41, 5.74) is 0.973. The Kier molecular flexibility index (Phi) is 6.14. The molecule has 0 amide bonds. The second-order valence-electron chi connectivity index (χ2n) is 3.99. The number of rotatable bonds is 5. The van der Waals surface area contributed by atoms with Gasteiger partial charge < -0.3 is 4.90 Å². The summed E-state index contributed by atoms with van der Waals surface area (Å²) >= 11 is 6.86. The standard InChI is InChI=1S/C12H15Br2N3/c1-17(2)6-5-16-12(8-15)9-3-4-10(13)11(14)7-9/h3-4,7,12,16H,5-6H2,1-2H3. The summed E-state index contributed by atoms with van der Waals surface area (Å²) in [5, 5.41) is 12.4. The van der Waals surface area contributed by atoms with Crippen LogP contribution < -0.4 is 5.32 Å². The first-order chi connectivity index (χ1) is 8.04. The van der Waals surface area contributed by atoms with Crippen molar-refractivity contribution in [3.05, 3.63) is 32.7 Å². The van der Waals surface area contributed by atoms with E-state index in [-0.39, 0.29) is 6.04 Å². The zero-order valence-corrected chi connectivity index (χ0v) is 13.0. The van der Waals surface area contributed by atoms with Crippen molar-refractivity contribution >= 4 is 31.9 Å². The van der Waals surface area contributed by atoms with Crippen molar-refractivity contribution in [3.8, 4) is 6.07 Å². The quantitative estimate of drug-likeness (QED) is 0.877. The van der Waals surface area contributed by atoms with E-state index >= 15 is 0 Å². The van der Waals surface area contributed by atoms with Gasteiger partial charge in [-0.05, 0) is 63.7 Å². The van der Waals surface area contributed by atoms with Gasteiger partial charge in [-0.15, -0.1) is 0 Å². The van der Waals surface area contributed by atoms with Crippen LogP contribution in [0.5, 0.6) is 0 Å². The maximum Gasteiger partial charge on any atom is 0.121 e. The molecular formula is C12H15Br2N3. The second kappa shape index (κ2) is 7.12. The van der Waals surface area contributed by atoms with Crippen molar-refractivity contribution in [2.45, 2.75) is 6.04 Å². The number of hydrogen-bond acceptors (Lipinski definition) is 3. The van der Waals surface area contributed by atoms with E-state index in [1.807, 2.05) is 32.3 Å². The van der Waals surface area contributed by atoms with Gasteiger partial charge in [0.15, 0.2) is 0 Å². The van der Waals surface area contributed by atoms with Crippen LogP contribution in [0, 0.1) is 11.3 Å². The highest BCUT2D eigenvalue weighted by atomic mass is 79.9. The topological polar surface area (TPSA) is 39.1 Å². The summed E-state index contributed by atoms with van der Waals surface area (Å²) in [4.78, 5) is 2.08. The molecule has 0 aliphatic rings. The lowest BCUT2D eigenvalue weighted by molar-refractivity contribution is 0.395. The summed E-state index contributed by atoms with van der Waals surface area (Å²) in [7, 11) is 4.03. The molecule has 0 aliphatic heterocycles. The van der Waals surface area contributed by atoms with Gasteiger partial charge in [0.05, 0.1) is 6.07 Å². The molecule has 0 saturated heterocycles. The normalized spacial score (nSPS) is 12.5. The molecule has 0 bridgehead atoms. The molecule has 17 heavy (non-hydrogen) atoms. The Morgan fingerprint density at radius 3 is 2.59 bits per heavy atom. The first-order valence-corrected chi connectivity index (χ1v) is 6.86. The molecule has 92 valence electrons. The first-order valence-electron chi connectivity index (χ1n) is 5.27. The maximum absolute atomic E-state index is 9.15. The Balaban J connectivity index is 2.67. The summed E-state index contributed by atoms with van der Waals surface area (Å²) in [5.74, 6) is 0. The van der Waals surface area contributed by atoms with Crippen LogP contribution in [0.15, 0.2) is 27.1 Å². The van der Waals surface area contributed by atoms with E-state index in [1.54, 1.807) is 0 Å². The van der Waals surface area contributed by atoms with Gasteiger partial charge in [-0.2, -0.15) is 5.26 Å². The predicted molar refractivity (Wildman–Crippen MR) is 76.8 cm³/mol. The third-order valence-electron chi connectivity index (χ3n) is 2.31. The minimum absolute atomic E-state index is 0.264. The second-order valence-corrected chi connectivity index (χ2v) is 5.70. The number of nitrogens with zero attached hydrogens (tertiary/aromatic N) is 2. The molecule has 0 spiro atoms. The van der Waals surface area contributed by atoms with Crippen LogP contribution in [0.3, 0.4) is 0 Å². The molecule has 1 aromatic carbocycles. The molecule has 1 unspecified atom stereocenters. The molecule has 0 aromatic heterocycles. The Bertz CT molecular complexity index is 413. The molecule has 0 aliphatic carbocycles. The molecule has 1 rings (SSSR count). The minimum Gasteiger partial charge on any atom is -0.308 e. The van der Waals surface area contributed by atoms with Crippen LogP contribution in [0.25, 0.3) is 0 Å². The van der Waals surface area contributed by atoms with E-state index in [2.05, 4.69) is 48.1 Å². The molecule has 5 heteroatoms. The number of likely N-dealkylation sites (N-methyl/N-ethyl adjacent to an activating group) is 1. The average molecular weight is 361 g/mol. The van der Waals surface area contributed by atoms with Crippen molar-refractivity contribution in [2.24, 2.45) is 0 Å². The van der Waals surface area contributed by atoms with E-state index in [0.29, 0.717) is 0 Å². The summed E-state index contributed by atoms with van der Waals surface area (Å²) < 4.78 is 1.95. The van der Waals surface area contributed by atoms with Gasteiger partial charge in [-0.1, -0.05) is 6.07 Å². The minimum atomic E-state index is -0.264. The molecule has 0 heterocycles. The van der Waals surface area contributed by atoms with Gasteiger partial charge in [-0.3, -0.25) is 5.32 Å². The zero-order chi connectivity index (χ0) is 12.8. The zero-order valence-electron chi connectivity index (χ0n) is 9.87. The first kappa shape index (κ1) is 14.7. The Morgan fingerprint density at radius 1 is 1.35 bits per heavy atom. The van der Waals surface area contributed by atoms with Crippen LogP contribution in [-0.4, -0.2) is 32.1 Å². The highest BCUT2D eigenvalue weighted by Gasteiger charge is 2.10. The van der Waals surface area contributed by atoms with Crippen LogP contribution in [0.2, 0.25) is 0 Å². The van der Waals surface area contributed by atoms with Crippen molar-refractivity contribution in [3.63, 3.8) is 0 Å². The molecule has 0 fully saturated rings. The van der Waals surface area contributed by atoms with Gasteiger partial charge in [0.25, 0.3) is 0 Å². The van der Waals surface area contributed by atoms with Crippen molar-refractivity contribution in [2.75, 3.05) is 27.2 Å². The van der Waals surface area contributed by atoms with E-state index in [4.69, 9.17) is 5.26 Å². The predicted octanol–water partition coefficient (Wildman–Crippen LogP) is 2.93. The fourth-order valence-corrected chi connectivity index (χ4v) is 2.01. The van der Waals surface area contributed by atoms with E-state index in [0.717, 1.165) is 27.6 Å². The van der Waals surface area contributed by atoms with E-state index in [1.165, 1.54) is 0 Å². The number of nitriles is 1. The van der Waals surface area contributed by atoms with Gasteiger partial charge in [-0.25, -0.2) is 0 Å². The summed E-state index contributed by atoms with van der Waals surface area (Å²) in [6, 6.07) is 7.86. The fraction of sp³-hybridized carbons (Fsp3) is 0.417. The molecule has 0 radical (unpaired) electrons. The molecule has 1 N–H and O–H groups in total.